The summed E-state index contributed by atoms with van der Waals surface area (Å²) in [7, 11) is 2.18. The molecule has 2 atom stereocenters. The molecule has 0 aromatic carbocycles. The van der Waals surface area contributed by atoms with Crippen LogP contribution < -0.4 is 0 Å². The summed E-state index contributed by atoms with van der Waals surface area (Å²) in [6, 6.07) is 3.26. The Balaban J connectivity index is 2.42. The van der Waals surface area contributed by atoms with Gasteiger partial charge >= 0.3 is 0 Å². The van der Waals surface area contributed by atoms with E-state index in [-0.39, 0.29) is 0 Å². The number of likely N-dealkylation sites (N-methyl/N-ethyl adjacent to an activating group) is 1. The molecule has 1 aliphatic heterocycles. The molecule has 0 saturated heterocycles. The molecule has 0 amide bonds. The summed E-state index contributed by atoms with van der Waals surface area (Å²) < 4.78 is 2.14. The summed E-state index contributed by atoms with van der Waals surface area (Å²) in [4.78, 5) is 2.40. The average Bonchev–Trinajstić information content (AvgIpc) is 2.42. The lowest BCUT2D eigenvalue weighted by Gasteiger charge is -2.36. The first kappa shape index (κ1) is 8.75. The van der Waals surface area contributed by atoms with Crippen molar-refractivity contribution in [3.63, 3.8) is 0 Å². The van der Waals surface area contributed by atoms with E-state index < -0.39 is 0 Å². The smallest absolute Gasteiger partial charge is 0.0597 e. The van der Waals surface area contributed by atoms with Gasteiger partial charge in [-0.3, -0.25) is 9.58 Å². The van der Waals surface area contributed by atoms with Crippen molar-refractivity contribution >= 4 is 0 Å². The first-order chi connectivity index (χ1) is 6.09. The predicted octanol–water partition coefficient (Wildman–Crippen LogP) is 1.59. The molecule has 0 unspecified atom stereocenters. The highest BCUT2D eigenvalue weighted by molar-refractivity contribution is 5.15. The Hall–Kier alpha value is -0.830. The monoisotopic (exact) mass is 179 g/mol. The molecule has 72 valence electrons. The number of hydrogen-bond donors (Lipinski definition) is 0. The van der Waals surface area contributed by atoms with E-state index in [0.717, 1.165) is 12.2 Å². The van der Waals surface area contributed by atoms with Crippen LogP contribution in [0.1, 0.15) is 31.3 Å². The van der Waals surface area contributed by atoms with Crippen LogP contribution in [-0.4, -0.2) is 27.8 Å². The standard InChI is InChI=1S/C10H17N3/c1-7-5-10-9(3)12(4)8(2)6-13(10)11-7/h5,8-9H,6H2,1-4H3/t8-,9-/m1/s1. The number of aromatic nitrogens is 2. The van der Waals surface area contributed by atoms with E-state index in [9.17, 15) is 0 Å². The van der Waals surface area contributed by atoms with E-state index in [0.29, 0.717) is 12.1 Å². The topological polar surface area (TPSA) is 21.1 Å². The Morgan fingerprint density at radius 2 is 2.15 bits per heavy atom. The maximum absolute atomic E-state index is 4.48. The van der Waals surface area contributed by atoms with Gasteiger partial charge in [0.15, 0.2) is 0 Å². The van der Waals surface area contributed by atoms with Crippen LogP contribution in [0.25, 0.3) is 0 Å². The van der Waals surface area contributed by atoms with Crippen LogP contribution in [0.15, 0.2) is 6.07 Å². The molecule has 0 radical (unpaired) electrons. The van der Waals surface area contributed by atoms with Crippen molar-refractivity contribution in [3.05, 3.63) is 17.5 Å². The van der Waals surface area contributed by atoms with Gasteiger partial charge in [0.2, 0.25) is 0 Å². The van der Waals surface area contributed by atoms with Crippen LogP contribution in [-0.2, 0) is 6.54 Å². The quantitative estimate of drug-likeness (QED) is 0.603. The van der Waals surface area contributed by atoms with Crippen LogP contribution in [0.5, 0.6) is 0 Å². The zero-order valence-corrected chi connectivity index (χ0v) is 8.78. The highest BCUT2D eigenvalue weighted by Gasteiger charge is 2.26. The van der Waals surface area contributed by atoms with Gasteiger partial charge in [0, 0.05) is 12.1 Å². The van der Waals surface area contributed by atoms with Gasteiger partial charge in [0.05, 0.1) is 17.9 Å². The van der Waals surface area contributed by atoms with Crippen LogP contribution in [0.2, 0.25) is 0 Å². The fourth-order valence-corrected chi connectivity index (χ4v) is 2.02. The number of aryl methyl sites for hydroxylation is 1. The van der Waals surface area contributed by atoms with Crippen molar-refractivity contribution in [3.8, 4) is 0 Å². The normalized spacial score (nSPS) is 28.9. The maximum atomic E-state index is 4.48. The van der Waals surface area contributed by atoms with Crippen LogP contribution in [0.3, 0.4) is 0 Å². The van der Waals surface area contributed by atoms with E-state index in [1.54, 1.807) is 0 Å². The molecule has 3 nitrogen and oxygen atoms in total. The zero-order valence-electron chi connectivity index (χ0n) is 8.78. The molecule has 1 aliphatic rings. The second-order valence-corrected chi connectivity index (χ2v) is 4.08. The highest BCUT2D eigenvalue weighted by Crippen LogP contribution is 2.26. The predicted molar refractivity (Wildman–Crippen MR) is 52.6 cm³/mol. The molecule has 0 aliphatic carbocycles. The van der Waals surface area contributed by atoms with Gasteiger partial charge in [-0.25, -0.2) is 0 Å². The molecule has 2 heterocycles. The van der Waals surface area contributed by atoms with Crippen LogP contribution in [0.4, 0.5) is 0 Å². The van der Waals surface area contributed by atoms with Gasteiger partial charge in [0.25, 0.3) is 0 Å². The Morgan fingerprint density at radius 3 is 2.85 bits per heavy atom. The summed E-state index contributed by atoms with van der Waals surface area (Å²) in [5.74, 6) is 0. The molecular formula is C10H17N3. The minimum absolute atomic E-state index is 0.491. The van der Waals surface area contributed by atoms with E-state index in [4.69, 9.17) is 0 Å². The van der Waals surface area contributed by atoms with Gasteiger partial charge in [-0.15, -0.1) is 0 Å². The van der Waals surface area contributed by atoms with Gasteiger partial charge in [-0.2, -0.15) is 5.10 Å². The van der Waals surface area contributed by atoms with Crippen molar-refractivity contribution in [2.24, 2.45) is 0 Å². The summed E-state index contributed by atoms with van der Waals surface area (Å²) in [5.41, 5.74) is 2.47. The Morgan fingerprint density at radius 1 is 1.46 bits per heavy atom. The summed E-state index contributed by atoms with van der Waals surface area (Å²) >= 11 is 0. The Bertz CT molecular complexity index is 316. The Kier molecular flexibility index (Phi) is 1.91. The molecule has 1 aromatic heterocycles. The molecule has 0 spiro atoms. The second kappa shape index (κ2) is 2.84. The second-order valence-electron chi connectivity index (χ2n) is 4.08. The molecule has 0 saturated carbocycles. The average molecular weight is 179 g/mol. The summed E-state index contributed by atoms with van der Waals surface area (Å²) in [6.45, 7) is 7.56. The molecule has 0 fully saturated rings. The summed E-state index contributed by atoms with van der Waals surface area (Å²) in [6.07, 6.45) is 0. The fourth-order valence-electron chi connectivity index (χ4n) is 2.02. The fraction of sp³-hybridized carbons (Fsp3) is 0.700. The molecule has 2 rings (SSSR count). The zero-order chi connectivity index (χ0) is 9.59. The minimum Gasteiger partial charge on any atom is -0.294 e. The molecule has 13 heavy (non-hydrogen) atoms. The minimum atomic E-state index is 0.491. The van der Waals surface area contributed by atoms with E-state index in [1.165, 1.54) is 5.69 Å². The Labute approximate surface area is 79.3 Å². The third kappa shape index (κ3) is 1.27. The number of rotatable bonds is 0. The van der Waals surface area contributed by atoms with Gasteiger partial charge < -0.3 is 0 Å². The highest BCUT2D eigenvalue weighted by atomic mass is 15.4. The third-order valence-electron chi connectivity index (χ3n) is 3.10. The lowest BCUT2D eigenvalue weighted by molar-refractivity contribution is 0.137. The molecule has 0 N–H and O–H groups in total. The van der Waals surface area contributed by atoms with Crippen molar-refractivity contribution in [2.45, 2.75) is 39.4 Å². The van der Waals surface area contributed by atoms with Crippen LogP contribution >= 0.6 is 0 Å². The number of hydrogen-bond acceptors (Lipinski definition) is 2. The van der Waals surface area contributed by atoms with Gasteiger partial charge in [-0.1, -0.05) is 0 Å². The number of nitrogens with zero attached hydrogens (tertiary/aromatic N) is 3. The van der Waals surface area contributed by atoms with Crippen molar-refractivity contribution in [2.75, 3.05) is 7.05 Å². The van der Waals surface area contributed by atoms with E-state index in [1.807, 2.05) is 0 Å². The van der Waals surface area contributed by atoms with Crippen molar-refractivity contribution < 1.29 is 0 Å². The van der Waals surface area contributed by atoms with Crippen molar-refractivity contribution in [1.82, 2.24) is 14.7 Å². The SMILES string of the molecule is Cc1cc2n(n1)C[C@@H](C)N(C)[C@@H]2C. The van der Waals surface area contributed by atoms with Crippen molar-refractivity contribution in [1.29, 1.82) is 0 Å². The van der Waals surface area contributed by atoms with Gasteiger partial charge in [0.1, 0.15) is 0 Å². The van der Waals surface area contributed by atoms with E-state index >= 15 is 0 Å². The lowest BCUT2D eigenvalue weighted by Crippen LogP contribution is -2.40. The molecule has 0 bridgehead atoms. The molecule has 3 heteroatoms. The third-order valence-corrected chi connectivity index (χ3v) is 3.10. The first-order valence-electron chi connectivity index (χ1n) is 4.86. The molecule has 1 aromatic rings. The maximum Gasteiger partial charge on any atom is 0.0597 e. The van der Waals surface area contributed by atoms with Crippen LogP contribution in [0, 0.1) is 6.92 Å². The van der Waals surface area contributed by atoms with E-state index in [2.05, 4.69) is 48.6 Å². The lowest BCUT2D eigenvalue weighted by atomic mass is 10.1. The van der Waals surface area contributed by atoms with Gasteiger partial charge in [-0.05, 0) is 33.9 Å². The molecular weight excluding hydrogens is 162 g/mol. The first-order valence-corrected chi connectivity index (χ1v) is 4.86. The largest absolute Gasteiger partial charge is 0.294 e. The summed E-state index contributed by atoms with van der Waals surface area (Å²) in [5, 5.41) is 4.48. The number of fused-ring (bicyclic) bond motifs is 1.